The van der Waals surface area contributed by atoms with Crippen molar-refractivity contribution < 1.29 is 0 Å². The molecule has 0 aliphatic heterocycles. The average Bonchev–Trinajstić information content (AvgIpc) is 2.14. The zero-order chi connectivity index (χ0) is 11.0. The Bertz CT molecular complexity index is 216. The molecule has 0 aromatic carbocycles. The predicted molar refractivity (Wildman–Crippen MR) is 64.5 cm³/mol. The van der Waals surface area contributed by atoms with Crippen molar-refractivity contribution in [2.75, 3.05) is 0 Å². The summed E-state index contributed by atoms with van der Waals surface area (Å²) < 4.78 is 0. The van der Waals surface area contributed by atoms with Crippen molar-refractivity contribution >= 4 is 6.21 Å². The van der Waals surface area contributed by atoms with Crippen molar-refractivity contribution in [2.24, 2.45) is 16.6 Å². The summed E-state index contributed by atoms with van der Waals surface area (Å²) in [6, 6.07) is 0.0960. The van der Waals surface area contributed by atoms with Gasteiger partial charge >= 0.3 is 0 Å². The molecule has 2 atom stereocenters. The largest absolute Gasteiger partial charge is 0.324 e. The number of hydrogen-bond acceptors (Lipinski definition) is 2. The standard InChI is InChI=1S/C12H22N2/c1-5-7-8-10(3)12(13)9-11(4)14-6-2/h5-6,9-10,12H,1,7-8,13H2,2-4H3/b11-9+,14-6-. The molecule has 0 heterocycles. The molecular weight excluding hydrogens is 172 g/mol. The van der Waals surface area contributed by atoms with Crippen LogP contribution in [0.2, 0.25) is 0 Å². The van der Waals surface area contributed by atoms with Crippen LogP contribution in [0, 0.1) is 5.92 Å². The molecule has 0 saturated carbocycles. The highest BCUT2D eigenvalue weighted by Crippen LogP contribution is 2.12. The third kappa shape index (κ3) is 5.70. The summed E-state index contributed by atoms with van der Waals surface area (Å²) in [6.07, 6.45) is 7.85. The second-order valence-corrected chi connectivity index (χ2v) is 3.62. The van der Waals surface area contributed by atoms with E-state index in [-0.39, 0.29) is 6.04 Å². The molecule has 0 saturated heterocycles. The maximum absolute atomic E-state index is 6.00. The van der Waals surface area contributed by atoms with Gasteiger partial charge in [0.05, 0.1) is 0 Å². The summed E-state index contributed by atoms with van der Waals surface area (Å²) in [4.78, 5) is 4.16. The van der Waals surface area contributed by atoms with E-state index in [9.17, 15) is 0 Å². The number of aliphatic imine (C=N–C) groups is 1. The van der Waals surface area contributed by atoms with Crippen LogP contribution in [0.5, 0.6) is 0 Å². The number of nitrogens with two attached hydrogens (primary N) is 1. The molecule has 0 radical (unpaired) electrons. The van der Waals surface area contributed by atoms with Crippen molar-refractivity contribution in [1.82, 2.24) is 0 Å². The van der Waals surface area contributed by atoms with Gasteiger partial charge < -0.3 is 5.73 Å². The Morgan fingerprint density at radius 2 is 2.21 bits per heavy atom. The highest BCUT2D eigenvalue weighted by atomic mass is 14.7. The van der Waals surface area contributed by atoms with Gasteiger partial charge in [0.15, 0.2) is 0 Å². The number of nitrogens with zero attached hydrogens (tertiary/aromatic N) is 1. The Hall–Kier alpha value is -0.890. The first-order chi connectivity index (χ1) is 6.61. The van der Waals surface area contributed by atoms with Gasteiger partial charge in [-0.3, -0.25) is 4.99 Å². The summed E-state index contributed by atoms with van der Waals surface area (Å²) >= 11 is 0. The summed E-state index contributed by atoms with van der Waals surface area (Å²) in [5.74, 6) is 0.481. The van der Waals surface area contributed by atoms with Gasteiger partial charge in [-0.25, -0.2) is 0 Å². The summed E-state index contributed by atoms with van der Waals surface area (Å²) in [5.41, 5.74) is 7.00. The third-order valence-electron chi connectivity index (χ3n) is 2.25. The topological polar surface area (TPSA) is 38.4 Å². The van der Waals surface area contributed by atoms with Crippen LogP contribution in [0.25, 0.3) is 0 Å². The lowest BCUT2D eigenvalue weighted by atomic mass is 9.96. The molecule has 0 aliphatic carbocycles. The van der Waals surface area contributed by atoms with Crippen LogP contribution < -0.4 is 5.73 Å². The molecule has 0 rings (SSSR count). The molecule has 0 bridgehead atoms. The maximum atomic E-state index is 6.00. The van der Waals surface area contributed by atoms with E-state index in [4.69, 9.17) is 5.73 Å². The quantitative estimate of drug-likeness (QED) is 0.512. The van der Waals surface area contributed by atoms with Crippen LogP contribution in [-0.4, -0.2) is 12.3 Å². The second kappa shape index (κ2) is 7.51. The molecular formula is C12H22N2. The number of allylic oxidation sites excluding steroid dienone is 2. The summed E-state index contributed by atoms with van der Waals surface area (Å²) in [5, 5.41) is 0. The normalized spacial score (nSPS) is 17.0. The van der Waals surface area contributed by atoms with Gasteiger partial charge in [0, 0.05) is 18.0 Å². The molecule has 2 nitrogen and oxygen atoms in total. The molecule has 0 spiro atoms. The van der Waals surface area contributed by atoms with Crippen molar-refractivity contribution in [3.63, 3.8) is 0 Å². The van der Waals surface area contributed by atoms with E-state index in [1.165, 1.54) is 0 Å². The SMILES string of the molecule is C=CCCC(C)C(N)/C=C(C)/N=C\C. The Kier molecular flexibility index (Phi) is 7.03. The monoisotopic (exact) mass is 194 g/mol. The zero-order valence-corrected chi connectivity index (χ0v) is 9.53. The third-order valence-corrected chi connectivity index (χ3v) is 2.25. The van der Waals surface area contributed by atoms with Gasteiger partial charge in [-0.2, -0.15) is 0 Å². The first-order valence-electron chi connectivity index (χ1n) is 5.15. The second-order valence-electron chi connectivity index (χ2n) is 3.62. The van der Waals surface area contributed by atoms with Gasteiger partial charge in [-0.15, -0.1) is 6.58 Å². The van der Waals surface area contributed by atoms with Crippen LogP contribution in [0.4, 0.5) is 0 Å². The molecule has 2 heteroatoms. The van der Waals surface area contributed by atoms with Crippen LogP contribution in [0.1, 0.15) is 33.6 Å². The minimum atomic E-state index is 0.0960. The van der Waals surface area contributed by atoms with Gasteiger partial charge in [0.1, 0.15) is 0 Å². The minimum Gasteiger partial charge on any atom is -0.324 e. The van der Waals surface area contributed by atoms with Gasteiger partial charge in [0.2, 0.25) is 0 Å². The smallest absolute Gasteiger partial charge is 0.0344 e. The van der Waals surface area contributed by atoms with Gasteiger partial charge in [-0.1, -0.05) is 13.0 Å². The highest BCUT2D eigenvalue weighted by molar-refractivity contribution is 5.55. The van der Waals surface area contributed by atoms with Crippen molar-refractivity contribution in [1.29, 1.82) is 0 Å². The first kappa shape index (κ1) is 13.1. The zero-order valence-electron chi connectivity index (χ0n) is 9.53. The van der Waals surface area contributed by atoms with E-state index >= 15 is 0 Å². The maximum Gasteiger partial charge on any atom is 0.0344 e. The molecule has 2 N–H and O–H groups in total. The molecule has 0 aliphatic rings. The Balaban J connectivity index is 4.10. The van der Waals surface area contributed by atoms with Crippen LogP contribution in [0.3, 0.4) is 0 Å². The van der Waals surface area contributed by atoms with Crippen molar-refractivity contribution in [3.8, 4) is 0 Å². The van der Waals surface area contributed by atoms with Crippen molar-refractivity contribution in [3.05, 3.63) is 24.4 Å². The molecule has 0 aromatic heterocycles. The fraction of sp³-hybridized carbons (Fsp3) is 0.583. The van der Waals surface area contributed by atoms with E-state index < -0.39 is 0 Å². The molecule has 0 aromatic rings. The van der Waals surface area contributed by atoms with E-state index in [0.29, 0.717) is 5.92 Å². The van der Waals surface area contributed by atoms with E-state index in [2.05, 4.69) is 18.5 Å². The first-order valence-corrected chi connectivity index (χ1v) is 5.15. The van der Waals surface area contributed by atoms with Gasteiger partial charge in [-0.05, 0) is 38.7 Å². The van der Waals surface area contributed by atoms with Crippen molar-refractivity contribution in [2.45, 2.75) is 39.7 Å². The lowest BCUT2D eigenvalue weighted by Gasteiger charge is -2.15. The predicted octanol–water partition coefficient (Wildman–Crippen LogP) is 2.91. The van der Waals surface area contributed by atoms with Gasteiger partial charge in [0.25, 0.3) is 0 Å². The lowest BCUT2D eigenvalue weighted by molar-refractivity contribution is 0.483. The Morgan fingerprint density at radius 3 is 2.71 bits per heavy atom. The minimum absolute atomic E-state index is 0.0960. The van der Waals surface area contributed by atoms with Crippen LogP contribution in [-0.2, 0) is 0 Å². The lowest BCUT2D eigenvalue weighted by Crippen LogP contribution is -2.26. The number of hydrogen-bond donors (Lipinski definition) is 1. The Morgan fingerprint density at radius 1 is 1.57 bits per heavy atom. The summed E-state index contributed by atoms with van der Waals surface area (Å²) in [6.45, 7) is 9.74. The molecule has 0 fully saturated rings. The molecule has 80 valence electrons. The van der Waals surface area contributed by atoms with Crippen LogP contribution in [0.15, 0.2) is 29.4 Å². The fourth-order valence-corrected chi connectivity index (χ4v) is 1.26. The van der Waals surface area contributed by atoms with Crippen LogP contribution >= 0.6 is 0 Å². The Labute approximate surface area is 87.6 Å². The van der Waals surface area contributed by atoms with E-state index in [1.54, 1.807) is 6.21 Å². The van der Waals surface area contributed by atoms with E-state index in [0.717, 1.165) is 18.5 Å². The fourth-order valence-electron chi connectivity index (χ4n) is 1.26. The average molecular weight is 194 g/mol. The summed E-state index contributed by atoms with van der Waals surface area (Å²) in [7, 11) is 0. The molecule has 2 unspecified atom stereocenters. The molecule has 0 amide bonds. The molecule has 14 heavy (non-hydrogen) atoms. The van der Waals surface area contributed by atoms with E-state index in [1.807, 2.05) is 26.0 Å². The number of rotatable bonds is 6. The highest BCUT2D eigenvalue weighted by Gasteiger charge is 2.08.